The predicted octanol–water partition coefficient (Wildman–Crippen LogP) is -0.228. The van der Waals surface area contributed by atoms with Gasteiger partial charge in [-0.25, -0.2) is 0 Å². The minimum atomic E-state index is 0.264. The van der Waals surface area contributed by atoms with E-state index >= 15 is 0 Å². The van der Waals surface area contributed by atoms with Crippen molar-refractivity contribution in [1.82, 2.24) is 5.32 Å². The molecule has 0 aromatic carbocycles. The third kappa shape index (κ3) is 1.13. The number of alkyl halides is 1. The largest absolute Gasteiger partial charge is 0.330 e. The van der Waals surface area contributed by atoms with E-state index in [1.807, 2.05) is 0 Å². The van der Waals surface area contributed by atoms with E-state index in [2.05, 4.69) is 5.32 Å². The lowest BCUT2D eigenvalue weighted by molar-refractivity contribution is 0.602. The molecule has 1 heterocycles. The van der Waals surface area contributed by atoms with Gasteiger partial charge in [-0.15, -0.1) is 11.6 Å². The molecule has 0 bridgehead atoms. The molecule has 0 aliphatic carbocycles. The van der Waals surface area contributed by atoms with Crippen molar-refractivity contribution < 1.29 is 0 Å². The Morgan fingerprint density at radius 1 is 1.62 bits per heavy atom. The molecule has 0 radical (unpaired) electrons. The van der Waals surface area contributed by atoms with Crippen molar-refractivity contribution in [2.45, 2.75) is 5.38 Å². The third-order valence-corrected chi connectivity index (χ3v) is 2.07. The average Bonchev–Trinajstić information content (AvgIpc) is 2.14. The highest BCUT2D eigenvalue weighted by Gasteiger charge is 2.22. The summed E-state index contributed by atoms with van der Waals surface area (Å²) < 4.78 is 0. The molecule has 2 atom stereocenters. The zero-order chi connectivity index (χ0) is 5.98. The van der Waals surface area contributed by atoms with Gasteiger partial charge in [0.15, 0.2) is 0 Å². The maximum absolute atomic E-state index is 5.84. The van der Waals surface area contributed by atoms with Crippen molar-refractivity contribution in [3.63, 3.8) is 0 Å². The van der Waals surface area contributed by atoms with Gasteiger partial charge in [0.05, 0.1) is 5.38 Å². The molecule has 0 amide bonds. The molecule has 2 unspecified atom stereocenters. The second-order valence-corrected chi connectivity index (χ2v) is 2.73. The zero-order valence-corrected chi connectivity index (χ0v) is 5.49. The zero-order valence-electron chi connectivity index (χ0n) is 4.73. The monoisotopic (exact) mass is 134 g/mol. The lowest BCUT2D eigenvalue weighted by atomic mass is 10.1. The molecule has 3 heteroatoms. The van der Waals surface area contributed by atoms with E-state index in [9.17, 15) is 0 Å². The van der Waals surface area contributed by atoms with Gasteiger partial charge >= 0.3 is 0 Å². The molecule has 48 valence electrons. The molecule has 8 heavy (non-hydrogen) atoms. The topological polar surface area (TPSA) is 38.0 Å². The van der Waals surface area contributed by atoms with Gasteiger partial charge < -0.3 is 11.1 Å². The van der Waals surface area contributed by atoms with Crippen LogP contribution in [0.2, 0.25) is 0 Å². The predicted molar refractivity (Wildman–Crippen MR) is 35.1 cm³/mol. The Kier molecular flexibility index (Phi) is 2.11. The third-order valence-electron chi connectivity index (χ3n) is 1.56. The van der Waals surface area contributed by atoms with Crippen molar-refractivity contribution in [3.05, 3.63) is 0 Å². The standard InChI is InChI=1S/C5H11ClN2/c6-5-3-8-2-4(5)1-7/h4-5,8H,1-3,7H2. The summed E-state index contributed by atoms with van der Waals surface area (Å²) >= 11 is 5.84. The molecule has 0 spiro atoms. The van der Waals surface area contributed by atoms with Crippen LogP contribution >= 0.6 is 11.6 Å². The van der Waals surface area contributed by atoms with E-state index < -0.39 is 0 Å². The summed E-state index contributed by atoms with van der Waals surface area (Å²) in [5.41, 5.74) is 5.40. The Balaban J connectivity index is 2.30. The van der Waals surface area contributed by atoms with Crippen LogP contribution in [0.1, 0.15) is 0 Å². The first-order chi connectivity index (χ1) is 3.84. The summed E-state index contributed by atoms with van der Waals surface area (Å²) in [7, 11) is 0. The van der Waals surface area contributed by atoms with E-state index in [1.165, 1.54) is 0 Å². The van der Waals surface area contributed by atoms with Crippen LogP contribution in [0.3, 0.4) is 0 Å². The highest BCUT2D eigenvalue weighted by Crippen LogP contribution is 2.12. The molecule has 2 nitrogen and oxygen atoms in total. The van der Waals surface area contributed by atoms with Crippen molar-refractivity contribution in [1.29, 1.82) is 0 Å². The second-order valence-electron chi connectivity index (χ2n) is 2.17. The summed E-state index contributed by atoms with van der Waals surface area (Å²) in [4.78, 5) is 0. The summed E-state index contributed by atoms with van der Waals surface area (Å²) in [5, 5.41) is 3.42. The average molecular weight is 135 g/mol. The first-order valence-electron chi connectivity index (χ1n) is 2.89. The fourth-order valence-corrected chi connectivity index (χ4v) is 1.23. The molecule has 1 rings (SSSR count). The number of halogens is 1. The maximum Gasteiger partial charge on any atom is 0.0512 e. The summed E-state index contributed by atoms with van der Waals surface area (Å²) in [5.74, 6) is 0.497. The van der Waals surface area contributed by atoms with Gasteiger partial charge in [0, 0.05) is 19.0 Å². The van der Waals surface area contributed by atoms with Crippen molar-refractivity contribution in [2.24, 2.45) is 11.7 Å². The van der Waals surface area contributed by atoms with Crippen LogP contribution in [0.5, 0.6) is 0 Å². The first-order valence-corrected chi connectivity index (χ1v) is 3.33. The molecule has 1 aliphatic heterocycles. The van der Waals surface area contributed by atoms with Crippen LogP contribution in [0.15, 0.2) is 0 Å². The van der Waals surface area contributed by atoms with E-state index in [0.29, 0.717) is 12.5 Å². The Labute approximate surface area is 54.4 Å². The molecule has 1 saturated heterocycles. The van der Waals surface area contributed by atoms with Crippen molar-refractivity contribution >= 4 is 11.6 Å². The van der Waals surface area contributed by atoms with E-state index in [4.69, 9.17) is 17.3 Å². The molecule has 0 aromatic rings. The number of nitrogens with one attached hydrogen (secondary N) is 1. The maximum atomic E-state index is 5.84. The van der Waals surface area contributed by atoms with Gasteiger partial charge in [0.1, 0.15) is 0 Å². The molecule has 1 fully saturated rings. The lowest BCUT2D eigenvalue weighted by Crippen LogP contribution is -2.22. The Hall–Kier alpha value is 0.210. The molecule has 0 saturated carbocycles. The summed E-state index contributed by atoms with van der Waals surface area (Å²) in [6.07, 6.45) is 0. The van der Waals surface area contributed by atoms with E-state index in [1.54, 1.807) is 0 Å². The van der Waals surface area contributed by atoms with E-state index in [0.717, 1.165) is 13.1 Å². The highest BCUT2D eigenvalue weighted by molar-refractivity contribution is 6.21. The van der Waals surface area contributed by atoms with Crippen LogP contribution in [-0.2, 0) is 0 Å². The van der Waals surface area contributed by atoms with Gasteiger partial charge in [0.2, 0.25) is 0 Å². The molecular formula is C5H11ClN2. The second kappa shape index (κ2) is 2.67. The number of nitrogens with two attached hydrogens (primary N) is 1. The van der Waals surface area contributed by atoms with Crippen LogP contribution in [0, 0.1) is 5.92 Å². The summed E-state index contributed by atoms with van der Waals surface area (Å²) in [6, 6.07) is 0. The Morgan fingerprint density at radius 2 is 2.38 bits per heavy atom. The van der Waals surface area contributed by atoms with Crippen LogP contribution in [0.4, 0.5) is 0 Å². The molecular weight excluding hydrogens is 124 g/mol. The highest BCUT2D eigenvalue weighted by atomic mass is 35.5. The number of rotatable bonds is 1. The molecule has 3 N–H and O–H groups in total. The summed E-state index contributed by atoms with van der Waals surface area (Å²) in [6.45, 7) is 2.62. The Bertz CT molecular complexity index is 76.8. The number of hydrogen-bond donors (Lipinski definition) is 2. The van der Waals surface area contributed by atoms with Gasteiger partial charge in [0.25, 0.3) is 0 Å². The van der Waals surface area contributed by atoms with Gasteiger partial charge in [-0.1, -0.05) is 0 Å². The van der Waals surface area contributed by atoms with Crippen molar-refractivity contribution in [3.8, 4) is 0 Å². The number of hydrogen-bond acceptors (Lipinski definition) is 2. The minimum Gasteiger partial charge on any atom is -0.330 e. The minimum absolute atomic E-state index is 0.264. The van der Waals surface area contributed by atoms with Gasteiger partial charge in [-0.2, -0.15) is 0 Å². The van der Waals surface area contributed by atoms with Crippen LogP contribution in [0.25, 0.3) is 0 Å². The van der Waals surface area contributed by atoms with Crippen LogP contribution < -0.4 is 11.1 Å². The lowest BCUT2D eigenvalue weighted by Gasteiger charge is -2.06. The first kappa shape index (κ1) is 6.33. The van der Waals surface area contributed by atoms with Crippen molar-refractivity contribution in [2.75, 3.05) is 19.6 Å². The van der Waals surface area contributed by atoms with E-state index in [-0.39, 0.29) is 5.38 Å². The van der Waals surface area contributed by atoms with Crippen LogP contribution in [-0.4, -0.2) is 25.0 Å². The quantitative estimate of drug-likeness (QED) is 0.487. The van der Waals surface area contributed by atoms with Gasteiger partial charge in [-0.3, -0.25) is 0 Å². The fourth-order valence-electron chi connectivity index (χ4n) is 0.932. The SMILES string of the molecule is NCC1CNCC1Cl. The van der Waals surface area contributed by atoms with Gasteiger partial charge in [-0.05, 0) is 6.54 Å². The normalized spacial score (nSPS) is 38.2. The Morgan fingerprint density at radius 3 is 2.62 bits per heavy atom. The molecule has 0 aromatic heterocycles. The molecule has 1 aliphatic rings. The smallest absolute Gasteiger partial charge is 0.0512 e. The fraction of sp³-hybridized carbons (Fsp3) is 1.00.